The zero-order valence-corrected chi connectivity index (χ0v) is 14.9. The van der Waals surface area contributed by atoms with Crippen molar-refractivity contribution in [2.75, 3.05) is 6.54 Å². The molecule has 0 saturated heterocycles. The second-order valence-electron chi connectivity index (χ2n) is 6.34. The van der Waals surface area contributed by atoms with E-state index in [2.05, 4.69) is 34.9 Å². The van der Waals surface area contributed by atoms with Crippen LogP contribution in [0.5, 0.6) is 0 Å². The van der Waals surface area contributed by atoms with Gasteiger partial charge in [0.2, 0.25) is 5.91 Å². The number of carbonyl (C=O) groups is 1. The van der Waals surface area contributed by atoms with Crippen LogP contribution in [0.15, 0.2) is 91.0 Å². The van der Waals surface area contributed by atoms with Gasteiger partial charge in [-0.1, -0.05) is 91.0 Å². The molecule has 3 heteroatoms. The topological polar surface area (TPSA) is 41.1 Å². The van der Waals surface area contributed by atoms with Gasteiger partial charge in [0.1, 0.15) is 0 Å². The Morgan fingerprint density at radius 3 is 1.62 bits per heavy atom. The fourth-order valence-corrected chi connectivity index (χ4v) is 3.03. The second kappa shape index (κ2) is 8.97. The first-order chi connectivity index (χ1) is 12.7. The maximum atomic E-state index is 12.4. The monoisotopic (exact) mass is 344 g/mol. The molecule has 1 atom stereocenters. The van der Waals surface area contributed by atoms with E-state index in [0.717, 1.165) is 16.7 Å². The standard InChI is InChI=1S/C23H24N2O/c1-18(19-11-5-2-6-12-19)25-22(26)17-24-23(20-13-7-3-8-14-20)21-15-9-4-10-16-21/h2-16,18,23-24H,17H2,1H3,(H,25,26)/t18-/m1/s1. The Labute approximate surface area is 155 Å². The van der Waals surface area contributed by atoms with Crippen molar-refractivity contribution in [1.29, 1.82) is 0 Å². The molecule has 3 nitrogen and oxygen atoms in total. The molecule has 0 spiro atoms. The molecule has 132 valence electrons. The number of hydrogen-bond donors (Lipinski definition) is 2. The highest BCUT2D eigenvalue weighted by atomic mass is 16.1. The maximum Gasteiger partial charge on any atom is 0.234 e. The Morgan fingerprint density at radius 1 is 0.731 bits per heavy atom. The van der Waals surface area contributed by atoms with Crippen molar-refractivity contribution in [3.63, 3.8) is 0 Å². The predicted molar refractivity (Wildman–Crippen MR) is 106 cm³/mol. The predicted octanol–water partition coefficient (Wildman–Crippen LogP) is 4.24. The number of amides is 1. The van der Waals surface area contributed by atoms with Crippen LogP contribution in [0.25, 0.3) is 0 Å². The third-order valence-electron chi connectivity index (χ3n) is 4.41. The number of carbonyl (C=O) groups excluding carboxylic acids is 1. The number of nitrogens with one attached hydrogen (secondary N) is 2. The fourth-order valence-electron chi connectivity index (χ4n) is 3.03. The van der Waals surface area contributed by atoms with E-state index in [0.29, 0.717) is 0 Å². The van der Waals surface area contributed by atoms with E-state index >= 15 is 0 Å². The molecule has 0 aliphatic rings. The van der Waals surface area contributed by atoms with Crippen LogP contribution >= 0.6 is 0 Å². The molecule has 0 aromatic heterocycles. The fraction of sp³-hybridized carbons (Fsp3) is 0.174. The molecule has 0 saturated carbocycles. The minimum Gasteiger partial charge on any atom is -0.348 e. The molecule has 0 unspecified atom stereocenters. The van der Waals surface area contributed by atoms with Gasteiger partial charge >= 0.3 is 0 Å². The van der Waals surface area contributed by atoms with Crippen molar-refractivity contribution in [1.82, 2.24) is 10.6 Å². The molecular formula is C23H24N2O. The lowest BCUT2D eigenvalue weighted by atomic mass is 9.99. The van der Waals surface area contributed by atoms with Crippen LogP contribution in [0.4, 0.5) is 0 Å². The van der Waals surface area contributed by atoms with Crippen LogP contribution in [0.1, 0.15) is 35.7 Å². The van der Waals surface area contributed by atoms with Crippen molar-refractivity contribution in [3.8, 4) is 0 Å². The minimum absolute atomic E-state index is 0.0155. The molecule has 0 heterocycles. The summed E-state index contributed by atoms with van der Waals surface area (Å²) in [6.07, 6.45) is 0. The van der Waals surface area contributed by atoms with Crippen molar-refractivity contribution in [2.24, 2.45) is 0 Å². The first kappa shape index (κ1) is 17.9. The van der Waals surface area contributed by atoms with Crippen LogP contribution in [-0.4, -0.2) is 12.5 Å². The van der Waals surface area contributed by atoms with E-state index in [1.165, 1.54) is 0 Å². The van der Waals surface area contributed by atoms with Crippen LogP contribution in [-0.2, 0) is 4.79 Å². The molecule has 0 bridgehead atoms. The van der Waals surface area contributed by atoms with Gasteiger partial charge < -0.3 is 5.32 Å². The Kier molecular flexibility index (Phi) is 6.18. The normalized spacial score (nSPS) is 11.9. The lowest BCUT2D eigenvalue weighted by molar-refractivity contribution is -0.121. The molecule has 0 aliphatic carbocycles. The van der Waals surface area contributed by atoms with Gasteiger partial charge in [-0.3, -0.25) is 10.1 Å². The average molecular weight is 344 g/mol. The summed E-state index contributed by atoms with van der Waals surface area (Å²) < 4.78 is 0. The number of hydrogen-bond acceptors (Lipinski definition) is 2. The Balaban J connectivity index is 1.65. The summed E-state index contributed by atoms with van der Waals surface area (Å²) in [5.41, 5.74) is 3.38. The number of rotatable bonds is 7. The van der Waals surface area contributed by atoms with Crippen molar-refractivity contribution in [2.45, 2.75) is 19.0 Å². The summed E-state index contributed by atoms with van der Waals surface area (Å²) >= 11 is 0. The van der Waals surface area contributed by atoms with Crippen LogP contribution in [0, 0.1) is 0 Å². The largest absolute Gasteiger partial charge is 0.348 e. The lowest BCUT2D eigenvalue weighted by Crippen LogP contribution is -2.37. The first-order valence-corrected chi connectivity index (χ1v) is 8.91. The third-order valence-corrected chi connectivity index (χ3v) is 4.41. The minimum atomic E-state index is -0.0184. The smallest absolute Gasteiger partial charge is 0.234 e. The Bertz CT molecular complexity index is 764. The summed E-state index contributed by atoms with van der Waals surface area (Å²) in [6, 6.07) is 30.3. The molecule has 0 aliphatic heterocycles. The molecule has 0 fully saturated rings. The van der Waals surface area contributed by atoms with Crippen LogP contribution < -0.4 is 10.6 Å². The van der Waals surface area contributed by atoms with Crippen molar-refractivity contribution in [3.05, 3.63) is 108 Å². The summed E-state index contributed by atoms with van der Waals surface area (Å²) in [5, 5.41) is 6.45. The van der Waals surface area contributed by atoms with Crippen molar-refractivity contribution >= 4 is 5.91 Å². The van der Waals surface area contributed by atoms with Crippen molar-refractivity contribution < 1.29 is 4.79 Å². The molecule has 1 amide bonds. The van der Waals surface area contributed by atoms with Gasteiger partial charge in [-0.05, 0) is 23.6 Å². The van der Waals surface area contributed by atoms with Crippen LogP contribution in [0.3, 0.4) is 0 Å². The third kappa shape index (κ3) is 4.80. The summed E-state index contributed by atoms with van der Waals surface area (Å²) in [4.78, 5) is 12.4. The Hall–Kier alpha value is -2.91. The van der Waals surface area contributed by atoms with E-state index in [1.54, 1.807) is 0 Å². The lowest BCUT2D eigenvalue weighted by Gasteiger charge is -2.21. The van der Waals surface area contributed by atoms with Gasteiger partial charge in [0, 0.05) is 0 Å². The van der Waals surface area contributed by atoms with Gasteiger partial charge in [-0.2, -0.15) is 0 Å². The SMILES string of the molecule is C[C@@H](NC(=O)CNC(c1ccccc1)c1ccccc1)c1ccccc1. The van der Waals surface area contributed by atoms with Gasteiger partial charge in [-0.25, -0.2) is 0 Å². The zero-order chi connectivity index (χ0) is 18.2. The molecule has 0 radical (unpaired) electrons. The summed E-state index contributed by atoms with van der Waals surface area (Å²) in [7, 11) is 0. The quantitative estimate of drug-likeness (QED) is 0.673. The summed E-state index contributed by atoms with van der Waals surface area (Å²) in [5.74, 6) is -0.0155. The van der Waals surface area contributed by atoms with Gasteiger partial charge in [0.25, 0.3) is 0 Å². The zero-order valence-electron chi connectivity index (χ0n) is 14.9. The first-order valence-electron chi connectivity index (χ1n) is 8.91. The van der Waals surface area contributed by atoms with E-state index in [4.69, 9.17) is 0 Å². The highest BCUT2D eigenvalue weighted by Gasteiger charge is 2.15. The van der Waals surface area contributed by atoms with E-state index in [-0.39, 0.29) is 24.5 Å². The highest BCUT2D eigenvalue weighted by molar-refractivity contribution is 5.78. The highest BCUT2D eigenvalue weighted by Crippen LogP contribution is 2.21. The molecule has 3 aromatic carbocycles. The second-order valence-corrected chi connectivity index (χ2v) is 6.34. The Morgan fingerprint density at radius 2 is 1.15 bits per heavy atom. The average Bonchev–Trinajstić information content (AvgIpc) is 2.70. The molecule has 3 rings (SSSR count). The van der Waals surface area contributed by atoms with Gasteiger partial charge in [0.05, 0.1) is 18.6 Å². The molecule has 2 N–H and O–H groups in total. The van der Waals surface area contributed by atoms with Gasteiger partial charge in [0.15, 0.2) is 0 Å². The molecule has 26 heavy (non-hydrogen) atoms. The number of benzene rings is 3. The molecule has 3 aromatic rings. The van der Waals surface area contributed by atoms with Crippen LogP contribution in [0.2, 0.25) is 0 Å². The van der Waals surface area contributed by atoms with Gasteiger partial charge in [-0.15, -0.1) is 0 Å². The molecular weight excluding hydrogens is 320 g/mol. The van der Waals surface area contributed by atoms with E-state index in [1.807, 2.05) is 73.7 Å². The van der Waals surface area contributed by atoms with E-state index in [9.17, 15) is 4.79 Å². The maximum absolute atomic E-state index is 12.4. The van der Waals surface area contributed by atoms with E-state index < -0.39 is 0 Å². The summed E-state index contributed by atoms with van der Waals surface area (Å²) in [6.45, 7) is 2.25.